The van der Waals surface area contributed by atoms with Crippen LogP contribution in [0.2, 0.25) is 0 Å². The number of aromatic nitrogens is 3. The van der Waals surface area contributed by atoms with Gasteiger partial charge in [0.15, 0.2) is 5.82 Å². The van der Waals surface area contributed by atoms with Crippen LogP contribution in [0.4, 0.5) is 0 Å². The lowest BCUT2D eigenvalue weighted by Crippen LogP contribution is -2.47. The third kappa shape index (κ3) is 1.77. The second kappa shape index (κ2) is 3.83. The molecule has 0 aliphatic carbocycles. The van der Waals surface area contributed by atoms with Crippen molar-refractivity contribution in [1.29, 1.82) is 0 Å². The van der Waals surface area contributed by atoms with Gasteiger partial charge in [-0.05, 0) is 6.42 Å². The van der Waals surface area contributed by atoms with Crippen molar-refractivity contribution in [2.45, 2.75) is 32.0 Å². The van der Waals surface area contributed by atoms with Crippen molar-refractivity contribution in [1.82, 2.24) is 25.0 Å². The Morgan fingerprint density at radius 3 is 3.12 bits per heavy atom. The minimum Gasteiger partial charge on any atom is -0.344 e. The lowest BCUT2D eigenvalue weighted by atomic mass is 10.2. The van der Waals surface area contributed by atoms with Crippen LogP contribution in [0, 0.1) is 0 Å². The zero-order valence-corrected chi connectivity index (χ0v) is 9.30. The second-order valence-corrected chi connectivity index (χ2v) is 4.36. The topological polar surface area (TPSA) is 80.1 Å². The Morgan fingerprint density at radius 1 is 1.47 bits per heavy atom. The van der Waals surface area contributed by atoms with Gasteiger partial charge in [0, 0.05) is 19.5 Å². The lowest BCUT2D eigenvalue weighted by molar-refractivity contribution is -0.135. The highest BCUT2D eigenvalue weighted by molar-refractivity contribution is 5.90. The Kier molecular flexibility index (Phi) is 2.31. The molecular formula is C10H13N5O2. The Morgan fingerprint density at radius 2 is 2.35 bits per heavy atom. The second-order valence-electron chi connectivity index (χ2n) is 4.36. The summed E-state index contributed by atoms with van der Waals surface area (Å²) in [4.78, 5) is 25.0. The van der Waals surface area contributed by atoms with Crippen LogP contribution in [0.15, 0.2) is 6.33 Å². The molecule has 1 fully saturated rings. The highest BCUT2D eigenvalue weighted by Gasteiger charge is 2.32. The van der Waals surface area contributed by atoms with Gasteiger partial charge in [0.1, 0.15) is 12.4 Å². The lowest BCUT2D eigenvalue weighted by Gasteiger charge is -2.29. The minimum atomic E-state index is -0.350. The van der Waals surface area contributed by atoms with Crippen molar-refractivity contribution in [3.63, 3.8) is 0 Å². The summed E-state index contributed by atoms with van der Waals surface area (Å²) in [5.41, 5.74) is 0. The van der Waals surface area contributed by atoms with Gasteiger partial charge in [-0.25, -0.2) is 0 Å². The SMILES string of the molecule is O=C1CC[C@@H](C(=O)N2CCn3cnnc3C2)N1. The molecule has 3 heterocycles. The Bertz CT molecular complexity index is 469. The number of rotatable bonds is 1. The van der Waals surface area contributed by atoms with Gasteiger partial charge in [0.2, 0.25) is 11.8 Å². The molecule has 2 amide bonds. The number of hydrogen-bond donors (Lipinski definition) is 1. The number of amides is 2. The van der Waals surface area contributed by atoms with Crippen LogP contribution < -0.4 is 5.32 Å². The van der Waals surface area contributed by atoms with Crippen molar-refractivity contribution in [2.24, 2.45) is 0 Å². The predicted octanol–water partition coefficient (Wildman–Crippen LogP) is -1.10. The monoisotopic (exact) mass is 235 g/mol. The van der Waals surface area contributed by atoms with Crippen LogP contribution in [0.25, 0.3) is 0 Å². The molecule has 90 valence electrons. The third-order valence-electron chi connectivity index (χ3n) is 3.24. The largest absolute Gasteiger partial charge is 0.344 e. The number of nitrogens with zero attached hydrogens (tertiary/aromatic N) is 4. The van der Waals surface area contributed by atoms with Crippen LogP contribution in [0.1, 0.15) is 18.7 Å². The highest BCUT2D eigenvalue weighted by atomic mass is 16.2. The minimum absolute atomic E-state index is 0.00917. The first kappa shape index (κ1) is 10.2. The van der Waals surface area contributed by atoms with E-state index in [1.807, 2.05) is 4.57 Å². The fraction of sp³-hybridized carbons (Fsp3) is 0.600. The van der Waals surface area contributed by atoms with E-state index < -0.39 is 0 Å². The van der Waals surface area contributed by atoms with E-state index in [-0.39, 0.29) is 17.9 Å². The van der Waals surface area contributed by atoms with Gasteiger partial charge in [-0.1, -0.05) is 0 Å². The molecule has 7 heteroatoms. The van der Waals surface area contributed by atoms with Crippen LogP contribution in [-0.2, 0) is 22.7 Å². The molecule has 0 spiro atoms. The van der Waals surface area contributed by atoms with E-state index in [4.69, 9.17) is 0 Å². The molecule has 1 aromatic heterocycles. The fourth-order valence-corrected chi connectivity index (χ4v) is 2.27. The molecule has 17 heavy (non-hydrogen) atoms. The first-order chi connectivity index (χ1) is 8.24. The third-order valence-corrected chi connectivity index (χ3v) is 3.24. The summed E-state index contributed by atoms with van der Waals surface area (Å²) in [5, 5.41) is 10.5. The number of nitrogens with one attached hydrogen (secondary N) is 1. The number of fused-ring (bicyclic) bond motifs is 1. The molecule has 0 saturated carbocycles. The molecule has 0 radical (unpaired) electrons. The molecule has 2 aliphatic heterocycles. The van der Waals surface area contributed by atoms with Gasteiger partial charge in [-0.3, -0.25) is 9.59 Å². The summed E-state index contributed by atoms with van der Waals surface area (Å²) in [5.74, 6) is 0.752. The molecule has 0 aromatic carbocycles. The van der Waals surface area contributed by atoms with Crippen LogP contribution >= 0.6 is 0 Å². The molecule has 0 unspecified atom stereocenters. The van der Waals surface area contributed by atoms with E-state index in [9.17, 15) is 9.59 Å². The Hall–Kier alpha value is -1.92. The Labute approximate surface area is 97.8 Å². The standard InChI is InChI=1S/C10H13N5O2/c16-9-2-1-7(12-9)10(17)14-3-4-15-6-11-13-8(15)5-14/h6-7H,1-5H2,(H,12,16)/t7-/m0/s1. The van der Waals surface area contributed by atoms with Crippen molar-refractivity contribution < 1.29 is 9.59 Å². The van der Waals surface area contributed by atoms with Crippen LogP contribution in [-0.4, -0.2) is 44.1 Å². The molecule has 1 aromatic rings. The molecule has 3 rings (SSSR count). The maximum atomic E-state index is 12.1. The first-order valence-electron chi connectivity index (χ1n) is 5.69. The highest BCUT2D eigenvalue weighted by Crippen LogP contribution is 2.14. The quantitative estimate of drug-likeness (QED) is 0.670. The summed E-state index contributed by atoms with van der Waals surface area (Å²) >= 11 is 0. The van der Waals surface area contributed by atoms with Crippen molar-refractivity contribution in [2.75, 3.05) is 6.54 Å². The van der Waals surface area contributed by atoms with Crippen molar-refractivity contribution in [3.05, 3.63) is 12.2 Å². The molecule has 1 saturated heterocycles. The van der Waals surface area contributed by atoms with E-state index in [1.54, 1.807) is 11.2 Å². The molecular weight excluding hydrogens is 222 g/mol. The predicted molar refractivity (Wildman–Crippen MR) is 56.6 cm³/mol. The number of carbonyl (C=O) groups is 2. The molecule has 7 nitrogen and oxygen atoms in total. The van der Waals surface area contributed by atoms with Crippen molar-refractivity contribution in [3.8, 4) is 0 Å². The smallest absolute Gasteiger partial charge is 0.245 e. The van der Waals surface area contributed by atoms with Crippen LogP contribution in [0.3, 0.4) is 0 Å². The summed E-state index contributed by atoms with van der Waals surface area (Å²) in [7, 11) is 0. The Balaban J connectivity index is 1.70. The normalized spacial score (nSPS) is 23.4. The first-order valence-corrected chi connectivity index (χ1v) is 5.69. The van der Waals surface area contributed by atoms with Gasteiger partial charge in [0.25, 0.3) is 0 Å². The molecule has 2 aliphatic rings. The summed E-state index contributed by atoms with van der Waals surface area (Å²) in [6.07, 6.45) is 2.72. The molecule has 0 bridgehead atoms. The summed E-state index contributed by atoms with van der Waals surface area (Å²) in [6.45, 7) is 1.84. The number of hydrogen-bond acceptors (Lipinski definition) is 4. The van der Waals surface area contributed by atoms with E-state index in [0.717, 1.165) is 12.4 Å². The summed E-state index contributed by atoms with van der Waals surface area (Å²) < 4.78 is 1.94. The van der Waals surface area contributed by atoms with E-state index in [1.165, 1.54) is 0 Å². The van der Waals surface area contributed by atoms with E-state index in [0.29, 0.717) is 25.9 Å². The molecule has 1 atom stereocenters. The van der Waals surface area contributed by atoms with Crippen molar-refractivity contribution >= 4 is 11.8 Å². The zero-order valence-electron chi connectivity index (χ0n) is 9.30. The van der Waals surface area contributed by atoms with Gasteiger partial charge < -0.3 is 14.8 Å². The average Bonchev–Trinajstić information content (AvgIpc) is 2.95. The van der Waals surface area contributed by atoms with E-state index >= 15 is 0 Å². The van der Waals surface area contributed by atoms with Gasteiger partial charge >= 0.3 is 0 Å². The van der Waals surface area contributed by atoms with Gasteiger partial charge in [-0.2, -0.15) is 0 Å². The zero-order chi connectivity index (χ0) is 11.8. The van der Waals surface area contributed by atoms with Gasteiger partial charge in [0.05, 0.1) is 6.54 Å². The van der Waals surface area contributed by atoms with E-state index in [2.05, 4.69) is 15.5 Å². The van der Waals surface area contributed by atoms with Gasteiger partial charge in [-0.15, -0.1) is 10.2 Å². The molecule has 1 N–H and O–H groups in total. The number of carbonyl (C=O) groups excluding carboxylic acids is 2. The van der Waals surface area contributed by atoms with Crippen LogP contribution in [0.5, 0.6) is 0 Å². The maximum Gasteiger partial charge on any atom is 0.245 e. The fourth-order valence-electron chi connectivity index (χ4n) is 2.27. The maximum absolute atomic E-state index is 12.1. The summed E-state index contributed by atoms with van der Waals surface area (Å²) in [6, 6.07) is -0.350. The average molecular weight is 235 g/mol.